The van der Waals surface area contributed by atoms with Crippen molar-refractivity contribution < 1.29 is 19.1 Å². The largest absolute Gasteiger partial charge is 0.493 e. The predicted molar refractivity (Wildman–Crippen MR) is 140 cm³/mol. The van der Waals surface area contributed by atoms with Crippen LogP contribution in [0.5, 0.6) is 5.75 Å². The molecule has 1 heterocycles. The van der Waals surface area contributed by atoms with Gasteiger partial charge in [0.25, 0.3) is 5.91 Å². The zero-order chi connectivity index (χ0) is 24.3. The Hall–Kier alpha value is -1.97. The molecular formula is C24H29BrN2O4S2. The van der Waals surface area contributed by atoms with Crippen LogP contribution in [0.15, 0.2) is 22.7 Å². The highest BCUT2D eigenvalue weighted by Gasteiger charge is 2.34. The molecule has 1 atom stereocenters. The fourth-order valence-electron chi connectivity index (χ4n) is 4.00. The Kier molecular flexibility index (Phi) is 8.18. The van der Waals surface area contributed by atoms with Crippen LogP contribution in [0.1, 0.15) is 65.3 Å². The highest BCUT2D eigenvalue weighted by atomic mass is 79.9. The summed E-state index contributed by atoms with van der Waals surface area (Å²) in [7, 11) is 1.37. The third-order valence-electron chi connectivity index (χ3n) is 5.82. The van der Waals surface area contributed by atoms with Crippen LogP contribution in [0.3, 0.4) is 0 Å². The third-order valence-corrected chi connectivity index (χ3v) is 7.69. The van der Waals surface area contributed by atoms with Gasteiger partial charge in [0.1, 0.15) is 10.8 Å². The van der Waals surface area contributed by atoms with Crippen molar-refractivity contribution >= 4 is 61.5 Å². The van der Waals surface area contributed by atoms with E-state index in [9.17, 15) is 9.59 Å². The van der Waals surface area contributed by atoms with Gasteiger partial charge in [0.05, 0.1) is 24.8 Å². The van der Waals surface area contributed by atoms with E-state index < -0.39 is 11.9 Å². The van der Waals surface area contributed by atoms with Gasteiger partial charge < -0.3 is 14.8 Å². The maximum atomic E-state index is 12.9. The van der Waals surface area contributed by atoms with Crippen LogP contribution >= 0.6 is 39.5 Å². The van der Waals surface area contributed by atoms with Crippen LogP contribution in [0, 0.1) is 11.3 Å². The quantitative estimate of drug-likeness (QED) is 0.351. The number of thiophene rings is 1. The molecule has 1 amide bonds. The van der Waals surface area contributed by atoms with Crippen molar-refractivity contribution in [1.82, 2.24) is 5.32 Å². The number of anilines is 1. The molecule has 178 valence electrons. The number of methoxy groups -OCH3 is 1. The highest BCUT2D eigenvalue weighted by Crippen LogP contribution is 2.44. The normalized spacial score (nSPS) is 15.4. The maximum absolute atomic E-state index is 12.9. The van der Waals surface area contributed by atoms with Gasteiger partial charge in [-0.3, -0.25) is 10.1 Å². The molecule has 0 spiro atoms. The molecule has 3 rings (SSSR count). The van der Waals surface area contributed by atoms with Gasteiger partial charge in [-0.2, -0.15) is 0 Å². The summed E-state index contributed by atoms with van der Waals surface area (Å²) in [5.41, 5.74) is 2.09. The predicted octanol–water partition coefficient (Wildman–Crippen LogP) is 5.97. The van der Waals surface area contributed by atoms with E-state index in [-0.39, 0.29) is 10.5 Å². The first-order valence-electron chi connectivity index (χ1n) is 10.8. The summed E-state index contributed by atoms with van der Waals surface area (Å²) in [4.78, 5) is 26.7. The molecule has 1 aromatic carbocycles. The summed E-state index contributed by atoms with van der Waals surface area (Å²) in [5.74, 6) is 0.202. The molecule has 0 saturated carbocycles. The van der Waals surface area contributed by atoms with Crippen molar-refractivity contribution in [3.8, 4) is 5.75 Å². The Bertz CT molecular complexity index is 1080. The van der Waals surface area contributed by atoms with E-state index in [1.807, 2.05) is 13.0 Å². The second-order valence-electron chi connectivity index (χ2n) is 8.99. The van der Waals surface area contributed by atoms with Gasteiger partial charge in [-0.1, -0.05) is 36.7 Å². The van der Waals surface area contributed by atoms with Gasteiger partial charge in [-0.25, -0.2) is 4.79 Å². The van der Waals surface area contributed by atoms with Gasteiger partial charge in [0, 0.05) is 9.35 Å². The number of carbonyl (C=O) groups excluding carboxylic acids is 2. The molecule has 33 heavy (non-hydrogen) atoms. The van der Waals surface area contributed by atoms with E-state index >= 15 is 0 Å². The van der Waals surface area contributed by atoms with Crippen LogP contribution in [0.2, 0.25) is 0 Å². The minimum Gasteiger partial charge on any atom is -0.493 e. The molecule has 0 fully saturated rings. The summed E-state index contributed by atoms with van der Waals surface area (Å²) in [6, 6.07) is 5.22. The molecule has 0 bridgehead atoms. The van der Waals surface area contributed by atoms with Crippen molar-refractivity contribution in [3.05, 3.63) is 44.2 Å². The van der Waals surface area contributed by atoms with Crippen LogP contribution in [0.4, 0.5) is 5.00 Å². The summed E-state index contributed by atoms with van der Waals surface area (Å²) in [5, 5.41) is 6.48. The van der Waals surface area contributed by atoms with Crippen molar-refractivity contribution in [1.29, 1.82) is 0 Å². The molecule has 2 N–H and O–H groups in total. The zero-order valence-electron chi connectivity index (χ0n) is 19.5. The smallest absolute Gasteiger partial charge is 0.341 e. The monoisotopic (exact) mass is 552 g/mol. The molecule has 1 aliphatic carbocycles. The Morgan fingerprint density at radius 3 is 2.67 bits per heavy atom. The average Bonchev–Trinajstić information content (AvgIpc) is 3.10. The molecule has 0 saturated heterocycles. The van der Waals surface area contributed by atoms with Crippen LogP contribution in [-0.2, 0) is 17.6 Å². The van der Waals surface area contributed by atoms with E-state index in [1.165, 1.54) is 23.3 Å². The Morgan fingerprint density at radius 2 is 2.03 bits per heavy atom. The number of halogens is 1. The van der Waals surface area contributed by atoms with Crippen molar-refractivity contribution in [2.24, 2.45) is 11.3 Å². The number of rotatable bonds is 5. The van der Waals surface area contributed by atoms with Gasteiger partial charge in [0.2, 0.25) is 0 Å². The molecule has 2 aromatic rings. The SMILES string of the molecule is CCOc1ccc(Br)cc1C(=O)NC(=S)Nc1sc2c(c1C(=O)OC)CCC(C(C)(C)C)C2. The van der Waals surface area contributed by atoms with E-state index in [2.05, 4.69) is 47.3 Å². The third kappa shape index (κ3) is 5.94. The number of carbonyl (C=O) groups is 2. The highest BCUT2D eigenvalue weighted by molar-refractivity contribution is 9.10. The number of hydrogen-bond acceptors (Lipinski definition) is 6. The van der Waals surface area contributed by atoms with Gasteiger partial charge >= 0.3 is 5.97 Å². The van der Waals surface area contributed by atoms with E-state index in [1.54, 1.807) is 12.1 Å². The van der Waals surface area contributed by atoms with Crippen molar-refractivity contribution in [3.63, 3.8) is 0 Å². The molecule has 0 aliphatic heterocycles. The fourth-order valence-corrected chi connectivity index (χ4v) is 5.94. The molecule has 1 unspecified atom stereocenters. The van der Waals surface area contributed by atoms with Crippen LogP contribution in [-0.4, -0.2) is 30.7 Å². The summed E-state index contributed by atoms with van der Waals surface area (Å²) in [6.07, 6.45) is 2.74. The topological polar surface area (TPSA) is 76.7 Å². The summed E-state index contributed by atoms with van der Waals surface area (Å²) in [6.45, 7) is 9.04. The average molecular weight is 554 g/mol. The molecule has 9 heteroatoms. The first-order chi connectivity index (χ1) is 15.5. The Morgan fingerprint density at radius 1 is 1.30 bits per heavy atom. The fraction of sp³-hybridized carbons (Fsp3) is 0.458. The number of esters is 1. The first kappa shape index (κ1) is 25.6. The number of hydrogen-bond donors (Lipinski definition) is 2. The van der Waals surface area contributed by atoms with Crippen molar-refractivity contribution in [2.75, 3.05) is 19.0 Å². The number of ether oxygens (including phenoxy) is 2. The number of fused-ring (bicyclic) bond motifs is 1. The maximum Gasteiger partial charge on any atom is 0.341 e. The molecule has 0 radical (unpaired) electrons. The number of benzene rings is 1. The Labute approximate surface area is 212 Å². The summed E-state index contributed by atoms with van der Waals surface area (Å²) < 4.78 is 11.4. The van der Waals surface area contributed by atoms with E-state index in [0.29, 0.717) is 34.4 Å². The second kappa shape index (κ2) is 10.5. The lowest BCUT2D eigenvalue weighted by Gasteiger charge is -2.33. The molecule has 6 nitrogen and oxygen atoms in total. The lowest BCUT2D eigenvalue weighted by Crippen LogP contribution is -2.34. The Balaban J connectivity index is 1.83. The zero-order valence-corrected chi connectivity index (χ0v) is 22.7. The number of thiocarbonyl (C=S) groups is 1. The molecular weight excluding hydrogens is 524 g/mol. The van der Waals surface area contributed by atoms with Gasteiger partial charge in [-0.05, 0) is 73.5 Å². The van der Waals surface area contributed by atoms with Gasteiger partial charge in [0.15, 0.2) is 5.11 Å². The van der Waals surface area contributed by atoms with Crippen LogP contribution < -0.4 is 15.4 Å². The minimum atomic E-state index is -0.399. The standard InChI is InChI=1S/C24H29BrN2O4S2/c1-6-31-17-10-8-14(25)12-16(17)20(28)26-23(32)27-21-19(22(29)30-5)15-9-7-13(24(2,3)4)11-18(15)33-21/h8,10,12-13H,6-7,9,11H2,1-5H3,(H2,26,27,28,32). The lowest BCUT2D eigenvalue weighted by atomic mass is 9.72. The minimum absolute atomic E-state index is 0.110. The number of nitrogens with one attached hydrogen (secondary N) is 2. The lowest BCUT2D eigenvalue weighted by molar-refractivity contribution is 0.0600. The molecule has 1 aromatic heterocycles. The number of amides is 1. The molecule has 1 aliphatic rings. The van der Waals surface area contributed by atoms with Gasteiger partial charge in [-0.15, -0.1) is 11.3 Å². The summed E-state index contributed by atoms with van der Waals surface area (Å²) >= 11 is 10.3. The second-order valence-corrected chi connectivity index (χ2v) is 11.4. The van der Waals surface area contributed by atoms with Crippen LogP contribution in [0.25, 0.3) is 0 Å². The van der Waals surface area contributed by atoms with E-state index in [0.717, 1.165) is 29.3 Å². The van der Waals surface area contributed by atoms with E-state index in [4.69, 9.17) is 21.7 Å². The van der Waals surface area contributed by atoms with Crippen molar-refractivity contribution in [2.45, 2.75) is 47.0 Å². The first-order valence-corrected chi connectivity index (χ1v) is 12.8.